The molecule has 1 saturated heterocycles. The van der Waals surface area contributed by atoms with E-state index < -0.39 is 0 Å². The molecule has 0 aliphatic carbocycles. The van der Waals surface area contributed by atoms with Crippen molar-refractivity contribution in [2.45, 2.75) is 39.2 Å². The molecular formula is C24H28ClN3O3. The van der Waals surface area contributed by atoms with Crippen LogP contribution in [-0.4, -0.2) is 42.6 Å². The summed E-state index contributed by atoms with van der Waals surface area (Å²) in [5.41, 5.74) is 2.71. The van der Waals surface area contributed by atoms with Crippen molar-refractivity contribution in [3.63, 3.8) is 0 Å². The summed E-state index contributed by atoms with van der Waals surface area (Å²) in [5, 5.41) is 3.65. The van der Waals surface area contributed by atoms with Crippen molar-refractivity contribution < 1.29 is 14.3 Å². The molecule has 0 radical (unpaired) electrons. The van der Waals surface area contributed by atoms with Crippen LogP contribution in [0.15, 0.2) is 42.5 Å². The van der Waals surface area contributed by atoms with Gasteiger partial charge in [-0.25, -0.2) is 4.79 Å². The monoisotopic (exact) mass is 441 g/mol. The first-order valence-corrected chi connectivity index (χ1v) is 11.3. The number of aryl methyl sites for hydroxylation is 1. The number of ether oxygens (including phenoxy) is 1. The second-order valence-electron chi connectivity index (χ2n) is 8.19. The Kier molecular flexibility index (Phi) is 6.37. The standard InChI is InChI=1S/C24H28ClN3O3/c1-3-17-6-4-5-7-20(17)26-23(29)18-10-12-27(13-11-18)24(30)28-15-16(2)31-22-9-8-19(25)14-21(22)28/h4-9,14,16,18H,3,10-13,15H2,1-2H3,(H,26,29)/t16-/m0/s1. The minimum absolute atomic E-state index is 0.0325. The number of hydrogen-bond acceptors (Lipinski definition) is 3. The lowest BCUT2D eigenvalue weighted by molar-refractivity contribution is -0.121. The molecule has 0 aromatic heterocycles. The molecule has 2 aliphatic heterocycles. The lowest BCUT2D eigenvalue weighted by Crippen LogP contribution is -2.51. The second kappa shape index (κ2) is 9.18. The first kappa shape index (κ1) is 21.5. The minimum Gasteiger partial charge on any atom is -0.487 e. The Bertz CT molecular complexity index is 972. The maximum Gasteiger partial charge on any atom is 0.324 e. The molecule has 31 heavy (non-hydrogen) atoms. The van der Waals surface area contributed by atoms with E-state index in [0.29, 0.717) is 48.9 Å². The van der Waals surface area contributed by atoms with E-state index in [0.717, 1.165) is 17.7 Å². The number of likely N-dealkylation sites (tertiary alicyclic amines) is 1. The van der Waals surface area contributed by atoms with Crippen molar-refractivity contribution in [2.75, 3.05) is 29.9 Å². The molecule has 2 aliphatic rings. The van der Waals surface area contributed by atoms with E-state index in [4.69, 9.17) is 16.3 Å². The zero-order valence-corrected chi connectivity index (χ0v) is 18.7. The van der Waals surface area contributed by atoms with E-state index in [9.17, 15) is 9.59 Å². The molecule has 2 heterocycles. The van der Waals surface area contributed by atoms with Gasteiger partial charge in [0.05, 0.1) is 12.2 Å². The summed E-state index contributed by atoms with van der Waals surface area (Å²) < 4.78 is 5.85. The molecule has 6 nitrogen and oxygen atoms in total. The third-order valence-corrected chi connectivity index (χ3v) is 6.24. The van der Waals surface area contributed by atoms with Crippen molar-refractivity contribution in [1.29, 1.82) is 0 Å². The molecule has 7 heteroatoms. The van der Waals surface area contributed by atoms with E-state index in [2.05, 4.69) is 12.2 Å². The number of halogens is 1. The first-order valence-electron chi connectivity index (χ1n) is 10.9. The highest BCUT2D eigenvalue weighted by Gasteiger charge is 2.34. The highest BCUT2D eigenvalue weighted by Crippen LogP contribution is 2.36. The number of nitrogens with zero attached hydrogens (tertiary/aromatic N) is 2. The van der Waals surface area contributed by atoms with E-state index in [1.807, 2.05) is 36.1 Å². The summed E-state index contributed by atoms with van der Waals surface area (Å²) in [4.78, 5) is 29.6. The van der Waals surface area contributed by atoms with Gasteiger partial charge in [-0.15, -0.1) is 0 Å². The molecule has 0 unspecified atom stereocenters. The topological polar surface area (TPSA) is 61.9 Å². The summed E-state index contributed by atoms with van der Waals surface area (Å²) >= 11 is 6.16. The number of anilines is 2. The van der Waals surface area contributed by atoms with Gasteiger partial charge in [0, 0.05) is 29.7 Å². The fraction of sp³-hybridized carbons (Fsp3) is 0.417. The van der Waals surface area contributed by atoms with E-state index >= 15 is 0 Å². The van der Waals surface area contributed by atoms with Crippen molar-refractivity contribution in [2.24, 2.45) is 5.92 Å². The van der Waals surface area contributed by atoms with Gasteiger partial charge in [0.1, 0.15) is 11.9 Å². The lowest BCUT2D eigenvalue weighted by atomic mass is 9.95. The van der Waals surface area contributed by atoms with Crippen LogP contribution in [0.4, 0.5) is 16.2 Å². The Morgan fingerprint density at radius 1 is 1.16 bits per heavy atom. The SMILES string of the molecule is CCc1ccccc1NC(=O)C1CCN(C(=O)N2C[C@H](C)Oc3ccc(Cl)cc32)CC1. The number of hydrogen-bond donors (Lipinski definition) is 1. The van der Waals surface area contributed by atoms with Gasteiger partial charge in [0.25, 0.3) is 0 Å². The number of rotatable bonds is 3. The molecular weight excluding hydrogens is 414 g/mol. The second-order valence-corrected chi connectivity index (χ2v) is 8.63. The number of para-hydroxylation sites is 1. The lowest BCUT2D eigenvalue weighted by Gasteiger charge is -2.39. The highest BCUT2D eigenvalue weighted by molar-refractivity contribution is 6.31. The van der Waals surface area contributed by atoms with Gasteiger partial charge in [-0.1, -0.05) is 36.7 Å². The zero-order chi connectivity index (χ0) is 22.0. The zero-order valence-electron chi connectivity index (χ0n) is 17.9. The van der Waals surface area contributed by atoms with Crippen LogP contribution >= 0.6 is 11.6 Å². The molecule has 1 fully saturated rings. The molecule has 4 rings (SSSR count). The Labute approximate surface area is 188 Å². The fourth-order valence-electron chi connectivity index (χ4n) is 4.28. The first-order chi connectivity index (χ1) is 15.0. The van der Waals surface area contributed by atoms with Crippen LogP contribution in [0.25, 0.3) is 0 Å². The number of piperidine rings is 1. The third kappa shape index (κ3) is 4.64. The Morgan fingerprint density at radius 2 is 1.90 bits per heavy atom. The minimum atomic E-state index is -0.0979. The van der Waals surface area contributed by atoms with Gasteiger partial charge in [-0.3, -0.25) is 9.69 Å². The summed E-state index contributed by atoms with van der Waals surface area (Å²) in [6.45, 7) is 5.60. The van der Waals surface area contributed by atoms with Crippen LogP contribution in [0.5, 0.6) is 5.75 Å². The number of carbonyl (C=O) groups is 2. The Morgan fingerprint density at radius 3 is 2.65 bits per heavy atom. The molecule has 1 N–H and O–H groups in total. The Balaban J connectivity index is 1.39. The van der Waals surface area contributed by atoms with Crippen molar-refractivity contribution in [1.82, 2.24) is 4.90 Å². The summed E-state index contributed by atoms with van der Waals surface area (Å²) in [6.07, 6.45) is 2.06. The van der Waals surface area contributed by atoms with E-state index in [1.165, 1.54) is 0 Å². The number of fused-ring (bicyclic) bond motifs is 1. The molecule has 0 spiro atoms. The van der Waals surface area contributed by atoms with Crippen LogP contribution in [0, 0.1) is 5.92 Å². The molecule has 164 valence electrons. The normalized spacial score (nSPS) is 18.9. The Hall–Kier alpha value is -2.73. The number of benzene rings is 2. The van der Waals surface area contributed by atoms with Gasteiger partial charge >= 0.3 is 6.03 Å². The molecule has 0 saturated carbocycles. The van der Waals surface area contributed by atoms with Crippen LogP contribution in [0.1, 0.15) is 32.3 Å². The largest absolute Gasteiger partial charge is 0.487 e. The molecule has 2 aromatic carbocycles. The predicted octanol–water partition coefficient (Wildman–Crippen LogP) is 4.96. The smallest absolute Gasteiger partial charge is 0.324 e. The summed E-state index contributed by atoms with van der Waals surface area (Å²) in [7, 11) is 0. The van der Waals surface area contributed by atoms with Crippen LogP contribution in [-0.2, 0) is 11.2 Å². The quantitative estimate of drug-likeness (QED) is 0.732. The molecule has 3 amide bonds. The van der Waals surface area contributed by atoms with Crippen LogP contribution in [0.3, 0.4) is 0 Å². The average molecular weight is 442 g/mol. The molecule has 1 atom stereocenters. The predicted molar refractivity (Wildman–Crippen MR) is 123 cm³/mol. The summed E-state index contributed by atoms with van der Waals surface area (Å²) in [6, 6.07) is 13.2. The summed E-state index contributed by atoms with van der Waals surface area (Å²) in [5.74, 6) is 0.602. The van der Waals surface area contributed by atoms with Crippen molar-refractivity contribution >= 4 is 34.9 Å². The number of carbonyl (C=O) groups excluding carboxylic acids is 2. The number of urea groups is 1. The van der Waals surface area contributed by atoms with Gasteiger partial charge < -0.3 is 15.0 Å². The maximum atomic E-state index is 13.3. The van der Waals surface area contributed by atoms with E-state index in [1.54, 1.807) is 23.1 Å². The van der Waals surface area contributed by atoms with Gasteiger partial charge in [0.2, 0.25) is 5.91 Å². The van der Waals surface area contributed by atoms with Crippen LogP contribution < -0.4 is 15.0 Å². The van der Waals surface area contributed by atoms with Gasteiger partial charge in [-0.05, 0) is 56.0 Å². The van der Waals surface area contributed by atoms with Gasteiger partial charge in [0.15, 0.2) is 0 Å². The maximum absolute atomic E-state index is 13.3. The number of nitrogens with one attached hydrogen (secondary N) is 1. The number of amides is 3. The molecule has 2 aromatic rings. The highest BCUT2D eigenvalue weighted by atomic mass is 35.5. The van der Waals surface area contributed by atoms with Crippen molar-refractivity contribution in [3.05, 3.63) is 53.1 Å². The average Bonchev–Trinajstić information content (AvgIpc) is 2.79. The fourth-order valence-corrected chi connectivity index (χ4v) is 4.45. The van der Waals surface area contributed by atoms with Crippen molar-refractivity contribution in [3.8, 4) is 5.75 Å². The third-order valence-electron chi connectivity index (χ3n) is 6.00. The molecule has 0 bridgehead atoms. The van der Waals surface area contributed by atoms with Crippen LogP contribution in [0.2, 0.25) is 5.02 Å². The van der Waals surface area contributed by atoms with Gasteiger partial charge in [-0.2, -0.15) is 0 Å². The van der Waals surface area contributed by atoms with E-state index in [-0.39, 0.29) is 24.0 Å².